The summed E-state index contributed by atoms with van der Waals surface area (Å²) in [5.74, 6) is -0.353. The molecule has 144 valence electrons. The van der Waals surface area contributed by atoms with Gasteiger partial charge in [0.2, 0.25) is 11.5 Å². The van der Waals surface area contributed by atoms with E-state index in [2.05, 4.69) is 20.5 Å². The van der Waals surface area contributed by atoms with Gasteiger partial charge in [0.1, 0.15) is 10.8 Å². The van der Waals surface area contributed by atoms with Gasteiger partial charge < -0.3 is 15.0 Å². The molecule has 26 heavy (non-hydrogen) atoms. The number of carbonyl (C=O) groups excluding carboxylic acids is 1. The number of nitrogens with zero attached hydrogens (tertiary/aromatic N) is 3. The molecule has 0 aliphatic carbocycles. The second-order valence-corrected chi connectivity index (χ2v) is 6.86. The Bertz CT molecular complexity index is 829. The number of amides is 1. The number of aryl methyl sites for hydroxylation is 1. The Hall–Kier alpha value is -1.79. The third-order valence-corrected chi connectivity index (χ3v) is 5.11. The van der Waals surface area contributed by atoms with Crippen molar-refractivity contribution < 1.29 is 23.1 Å². The quantitative estimate of drug-likeness (QED) is 0.610. The van der Waals surface area contributed by atoms with Crippen molar-refractivity contribution in [1.82, 2.24) is 25.1 Å². The van der Waals surface area contributed by atoms with Gasteiger partial charge in [-0.1, -0.05) is 0 Å². The lowest BCUT2D eigenvalue weighted by Crippen LogP contribution is -2.46. The fourth-order valence-corrected chi connectivity index (χ4v) is 3.51. The van der Waals surface area contributed by atoms with E-state index in [1.54, 1.807) is 4.57 Å². The molecule has 7 nitrogen and oxygen atoms in total. The molecule has 2 aromatic heterocycles. The maximum atomic E-state index is 13.4. The lowest BCUT2D eigenvalue weighted by molar-refractivity contribution is -0.267. The van der Waals surface area contributed by atoms with Gasteiger partial charge in [-0.2, -0.15) is 18.3 Å². The maximum Gasteiger partial charge on any atom is 0.424 e. The van der Waals surface area contributed by atoms with Gasteiger partial charge in [0, 0.05) is 30.6 Å². The van der Waals surface area contributed by atoms with Crippen LogP contribution < -0.4 is 5.32 Å². The molecule has 0 bridgehead atoms. The Kier molecular flexibility index (Phi) is 6.19. The molecule has 3 N–H and O–H groups in total. The molecule has 0 fully saturated rings. The van der Waals surface area contributed by atoms with Crippen LogP contribution in [0.2, 0.25) is 0 Å². The van der Waals surface area contributed by atoms with E-state index in [1.807, 2.05) is 6.92 Å². The van der Waals surface area contributed by atoms with Crippen molar-refractivity contribution in [2.24, 2.45) is 0 Å². The summed E-state index contributed by atoms with van der Waals surface area (Å²) in [4.78, 5) is 15.7. The fraction of sp³-hybridized carbons (Fsp3) is 0.571. The molecule has 0 saturated heterocycles. The van der Waals surface area contributed by atoms with E-state index in [0.29, 0.717) is 34.2 Å². The van der Waals surface area contributed by atoms with Crippen LogP contribution in [-0.4, -0.2) is 43.5 Å². The summed E-state index contributed by atoms with van der Waals surface area (Å²) >= 11 is 5.70. The zero-order valence-corrected chi connectivity index (χ0v) is 15.7. The van der Waals surface area contributed by atoms with Gasteiger partial charge in [-0.15, -0.1) is 11.3 Å². The standard InChI is InChI=1S/C14H18F3N5O2S2/c1-3-22-9(20-21-12(22)25)4-5-18-10(23)6-13(24,14(15,16)17)11-19-8(2)7-26-11/h7,24H,3-6H2,1-2H3,(H,18,23)(H,21,25). The molecule has 1 amide bonds. The number of aromatic amines is 1. The Morgan fingerprint density at radius 2 is 2.19 bits per heavy atom. The van der Waals surface area contributed by atoms with Crippen molar-refractivity contribution >= 4 is 29.5 Å². The minimum Gasteiger partial charge on any atom is -0.374 e. The van der Waals surface area contributed by atoms with Gasteiger partial charge >= 0.3 is 6.18 Å². The predicted octanol–water partition coefficient (Wildman–Crippen LogP) is 2.22. The first-order chi connectivity index (χ1) is 12.1. The molecule has 0 saturated carbocycles. The first kappa shape index (κ1) is 20.5. The summed E-state index contributed by atoms with van der Waals surface area (Å²) in [7, 11) is 0. The second-order valence-electron chi connectivity index (χ2n) is 5.62. The third kappa shape index (κ3) is 4.30. The van der Waals surface area contributed by atoms with Crippen LogP contribution in [0, 0.1) is 11.7 Å². The molecule has 2 aromatic rings. The normalized spacial score (nSPS) is 14.2. The molecule has 0 radical (unpaired) electrons. The van der Waals surface area contributed by atoms with Crippen molar-refractivity contribution in [1.29, 1.82) is 0 Å². The van der Waals surface area contributed by atoms with Crippen LogP contribution in [0.5, 0.6) is 0 Å². The first-order valence-electron chi connectivity index (χ1n) is 7.71. The van der Waals surface area contributed by atoms with E-state index in [9.17, 15) is 23.1 Å². The van der Waals surface area contributed by atoms with E-state index in [0.717, 1.165) is 0 Å². The summed E-state index contributed by atoms with van der Waals surface area (Å²) in [6.45, 7) is 4.02. The molecule has 0 aliphatic heterocycles. The molecule has 12 heteroatoms. The number of H-pyrrole nitrogens is 1. The molecule has 0 aliphatic rings. The number of hydrogen-bond acceptors (Lipinski definition) is 6. The monoisotopic (exact) mass is 409 g/mol. The van der Waals surface area contributed by atoms with Crippen molar-refractivity contribution in [3.05, 3.63) is 26.7 Å². The summed E-state index contributed by atoms with van der Waals surface area (Å²) in [5, 5.41) is 20.0. The minimum absolute atomic E-state index is 0.0588. The summed E-state index contributed by atoms with van der Waals surface area (Å²) < 4.78 is 42.2. The largest absolute Gasteiger partial charge is 0.424 e. The number of nitrogens with one attached hydrogen (secondary N) is 2. The van der Waals surface area contributed by atoms with E-state index in [1.165, 1.54) is 12.3 Å². The number of carbonyl (C=O) groups is 1. The van der Waals surface area contributed by atoms with Crippen LogP contribution in [0.4, 0.5) is 13.2 Å². The Balaban J connectivity index is 2.03. The van der Waals surface area contributed by atoms with Crippen molar-refractivity contribution in [2.75, 3.05) is 6.54 Å². The molecule has 0 spiro atoms. The fourth-order valence-electron chi connectivity index (χ4n) is 2.32. The SMILES string of the molecule is CCn1c(CCNC(=O)CC(O)(c2nc(C)cs2)C(F)(F)F)n[nH]c1=S. The lowest BCUT2D eigenvalue weighted by Gasteiger charge is -2.27. The Morgan fingerprint density at radius 3 is 2.73 bits per heavy atom. The second kappa shape index (κ2) is 7.84. The van der Waals surface area contributed by atoms with E-state index >= 15 is 0 Å². The highest BCUT2D eigenvalue weighted by atomic mass is 32.1. The number of alkyl halides is 3. The van der Waals surface area contributed by atoms with Gasteiger partial charge in [-0.25, -0.2) is 4.98 Å². The molecular weight excluding hydrogens is 391 g/mol. The van der Waals surface area contributed by atoms with Crippen LogP contribution in [0.25, 0.3) is 0 Å². The average Bonchev–Trinajstić information content (AvgIpc) is 3.12. The smallest absolute Gasteiger partial charge is 0.374 e. The van der Waals surface area contributed by atoms with Crippen molar-refractivity contribution in [3.63, 3.8) is 0 Å². The highest BCUT2D eigenvalue weighted by Crippen LogP contribution is 2.42. The molecule has 1 atom stereocenters. The molecule has 2 rings (SSSR count). The van der Waals surface area contributed by atoms with Crippen molar-refractivity contribution in [2.45, 2.75) is 45.0 Å². The molecule has 0 aromatic carbocycles. The van der Waals surface area contributed by atoms with Crippen LogP contribution >= 0.6 is 23.6 Å². The topological polar surface area (TPSA) is 95.8 Å². The summed E-state index contributed by atoms with van der Waals surface area (Å²) in [6, 6.07) is 0. The number of hydrogen-bond donors (Lipinski definition) is 3. The van der Waals surface area contributed by atoms with Crippen molar-refractivity contribution in [3.8, 4) is 0 Å². The van der Waals surface area contributed by atoms with E-state index in [-0.39, 0.29) is 13.0 Å². The third-order valence-electron chi connectivity index (χ3n) is 3.68. The molecular formula is C14H18F3N5O2S2. The summed E-state index contributed by atoms with van der Waals surface area (Å²) in [5.41, 5.74) is -2.98. The number of aromatic nitrogens is 4. The van der Waals surface area contributed by atoms with Gasteiger partial charge in [0.15, 0.2) is 4.77 Å². The minimum atomic E-state index is -5.03. The number of thiazole rings is 1. The van der Waals surface area contributed by atoms with Crippen LogP contribution in [0.3, 0.4) is 0 Å². The number of aliphatic hydroxyl groups is 1. The van der Waals surface area contributed by atoms with Gasteiger partial charge in [0.05, 0.1) is 6.42 Å². The zero-order valence-electron chi connectivity index (χ0n) is 14.1. The van der Waals surface area contributed by atoms with E-state index < -0.39 is 29.1 Å². The maximum absolute atomic E-state index is 13.4. The zero-order chi connectivity index (χ0) is 19.5. The van der Waals surface area contributed by atoms with Crippen LogP contribution in [-0.2, 0) is 23.4 Å². The number of rotatable bonds is 7. The Labute approximate surface area is 156 Å². The van der Waals surface area contributed by atoms with Crippen LogP contribution in [0.15, 0.2) is 5.38 Å². The summed E-state index contributed by atoms with van der Waals surface area (Å²) in [6.07, 6.45) is -5.91. The van der Waals surface area contributed by atoms with Gasteiger partial charge in [-0.05, 0) is 26.1 Å². The highest BCUT2D eigenvalue weighted by Gasteiger charge is 2.58. The number of halogens is 3. The van der Waals surface area contributed by atoms with Gasteiger partial charge in [0.25, 0.3) is 0 Å². The van der Waals surface area contributed by atoms with Crippen LogP contribution in [0.1, 0.15) is 29.9 Å². The van der Waals surface area contributed by atoms with E-state index in [4.69, 9.17) is 12.2 Å². The predicted molar refractivity (Wildman–Crippen MR) is 91.2 cm³/mol. The molecule has 1 unspecified atom stereocenters. The molecule has 2 heterocycles. The highest BCUT2D eigenvalue weighted by molar-refractivity contribution is 7.71. The average molecular weight is 409 g/mol. The van der Waals surface area contributed by atoms with Gasteiger partial charge in [-0.3, -0.25) is 9.89 Å². The lowest BCUT2D eigenvalue weighted by atomic mass is 9.99. The first-order valence-corrected chi connectivity index (χ1v) is 8.99. The Morgan fingerprint density at radius 1 is 1.50 bits per heavy atom.